The molecule has 1 saturated carbocycles. The topological polar surface area (TPSA) is 43.1 Å². The fourth-order valence-corrected chi connectivity index (χ4v) is 3.42. The minimum Gasteiger partial charge on any atom is -0.313 e. The quantitative estimate of drug-likeness (QED) is 0.581. The van der Waals surface area contributed by atoms with E-state index in [1.807, 2.05) is 0 Å². The molecule has 10 heteroatoms. The average Bonchev–Trinajstić information content (AvgIpc) is 3.29. The Kier molecular flexibility index (Phi) is 4.80. The van der Waals surface area contributed by atoms with Crippen molar-refractivity contribution in [2.45, 2.75) is 36.8 Å². The Balaban J connectivity index is 2.07. The number of benzene rings is 1. The van der Waals surface area contributed by atoms with Crippen LogP contribution in [0, 0.1) is 12.7 Å². The highest BCUT2D eigenvalue weighted by atomic mass is 32.2. The zero-order valence-electron chi connectivity index (χ0n) is 14.5. The molecule has 0 saturated heterocycles. The number of nitrogens with zero attached hydrogens (tertiary/aromatic N) is 4. The molecule has 0 bridgehead atoms. The van der Waals surface area contributed by atoms with Crippen molar-refractivity contribution in [2.24, 2.45) is 0 Å². The smallest absolute Gasteiger partial charge is 0.313 e. The van der Waals surface area contributed by atoms with Crippen LogP contribution in [0.15, 0.2) is 21.8 Å². The number of aryl methyl sites for hydroxylation is 1. The Hall–Kier alpha value is -1.97. The molecule has 142 valence electrons. The van der Waals surface area contributed by atoms with Gasteiger partial charge in [-0.3, -0.25) is 0 Å². The van der Waals surface area contributed by atoms with Gasteiger partial charge in [0.05, 0.1) is 5.75 Å². The molecular formula is C16H18F4N4OS. The molecule has 1 aromatic carbocycles. The zero-order chi connectivity index (χ0) is 19.2. The van der Waals surface area contributed by atoms with Gasteiger partial charge in [-0.15, -0.1) is 16.9 Å². The summed E-state index contributed by atoms with van der Waals surface area (Å²) in [4.78, 5) is 13.0. The van der Waals surface area contributed by atoms with E-state index in [9.17, 15) is 22.4 Å². The normalized spacial score (nSPS) is 14.7. The monoisotopic (exact) mass is 390 g/mol. The lowest BCUT2D eigenvalue weighted by Crippen LogP contribution is -2.37. The lowest BCUT2D eigenvalue weighted by molar-refractivity contribution is -0.105. The van der Waals surface area contributed by atoms with Crippen molar-refractivity contribution in [3.63, 3.8) is 0 Å². The van der Waals surface area contributed by atoms with E-state index in [1.165, 1.54) is 17.7 Å². The summed E-state index contributed by atoms with van der Waals surface area (Å²) in [5.41, 5.74) is -0.317. The first-order chi connectivity index (χ1) is 12.1. The SMILES string of the molecule is Cc1cc(F)c(-n2nc(C3CC3)n(N(C)C)c2=O)cc1SCC(F)(F)F. The number of aromatic nitrogens is 3. The molecule has 5 nitrogen and oxygen atoms in total. The molecule has 0 unspecified atom stereocenters. The lowest BCUT2D eigenvalue weighted by atomic mass is 10.2. The fourth-order valence-electron chi connectivity index (χ4n) is 2.62. The first-order valence-electron chi connectivity index (χ1n) is 7.98. The predicted molar refractivity (Wildman–Crippen MR) is 91.3 cm³/mol. The number of rotatable bonds is 5. The van der Waals surface area contributed by atoms with E-state index in [2.05, 4.69) is 5.10 Å². The summed E-state index contributed by atoms with van der Waals surface area (Å²) in [5, 5.41) is 5.82. The van der Waals surface area contributed by atoms with E-state index in [1.54, 1.807) is 19.1 Å². The van der Waals surface area contributed by atoms with Crippen LogP contribution < -0.4 is 10.7 Å². The van der Waals surface area contributed by atoms with Crippen LogP contribution in [0.4, 0.5) is 17.6 Å². The summed E-state index contributed by atoms with van der Waals surface area (Å²) in [6.45, 7) is 1.53. The maximum atomic E-state index is 14.5. The van der Waals surface area contributed by atoms with Crippen LogP contribution in [0.1, 0.15) is 30.1 Å². The molecule has 1 aromatic heterocycles. The van der Waals surface area contributed by atoms with Crippen LogP contribution in [0.3, 0.4) is 0 Å². The van der Waals surface area contributed by atoms with Crippen molar-refractivity contribution < 1.29 is 17.6 Å². The molecule has 0 amide bonds. The standard InChI is InChI=1S/C16H18F4N4OS/c1-9-6-11(17)12(7-13(9)26-8-16(18,19)20)23-15(25)24(22(2)3)14(21-23)10-4-5-10/h6-7,10H,4-5,8H2,1-3H3. The Morgan fingerprint density at radius 2 is 1.96 bits per heavy atom. The number of alkyl halides is 3. The molecule has 26 heavy (non-hydrogen) atoms. The van der Waals surface area contributed by atoms with Gasteiger partial charge >= 0.3 is 11.9 Å². The van der Waals surface area contributed by atoms with E-state index in [-0.39, 0.29) is 16.5 Å². The third-order valence-electron chi connectivity index (χ3n) is 3.99. The average molecular weight is 390 g/mol. The highest BCUT2D eigenvalue weighted by Crippen LogP contribution is 2.39. The van der Waals surface area contributed by atoms with Crippen LogP contribution in [0.25, 0.3) is 5.69 Å². The molecule has 1 aliphatic rings. The Labute approximate surface area is 151 Å². The minimum atomic E-state index is -4.34. The number of thioether (sulfide) groups is 1. The van der Waals surface area contributed by atoms with Gasteiger partial charge in [0.1, 0.15) is 11.5 Å². The fraction of sp³-hybridized carbons (Fsp3) is 0.500. The lowest BCUT2D eigenvalue weighted by Gasteiger charge is -2.14. The predicted octanol–water partition coefficient (Wildman–Crippen LogP) is 3.21. The summed E-state index contributed by atoms with van der Waals surface area (Å²) < 4.78 is 54.3. The molecule has 1 fully saturated rings. The first kappa shape index (κ1) is 18.8. The van der Waals surface area contributed by atoms with E-state index in [0.717, 1.165) is 23.6 Å². The summed E-state index contributed by atoms with van der Waals surface area (Å²) in [5.74, 6) is -1.12. The van der Waals surface area contributed by atoms with Gasteiger partial charge in [-0.2, -0.15) is 22.5 Å². The van der Waals surface area contributed by atoms with Crippen molar-refractivity contribution in [3.05, 3.63) is 39.8 Å². The van der Waals surface area contributed by atoms with Gasteiger partial charge in [-0.1, -0.05) is 0 Å². The minimum absolute atomic E-state index is 0.138. The molecule has 3 rings (SSSR count). The molecule has 0 radical (unpaired) electrons. The third kappa shape index (κ3) is 3.74. The van der Waals surface area contributed by atoms with Gasteiger partial charge < -0.3 is 5.01 Å². The molecule has 0 atom stereocenters. The summed E-state index contributed by atoms with van der Waals surface area (Å²) in [6, 6.07) is 2.39. The highest BCUT2D eigenvalue weighted by Gasteiger charge is 2.33. The summed E-state index contributed by atoms with van der Waals surface area (Å²) >= 11 is 0.561. The zero-order valence-corrected chi connectivity index (χ0v) is 15.3. The second-order valence-electron chi connectivity index (χ2n) is 6.46. The van der Waals surface area contributed by atoms with Crippen LogP contribution in [0.2, 0.25) is 0 Å². The first-order valence-corrected chi connectivity index (χ1v) is 8.96. The molecule has 2 aromatic rings. The largest absolute Gasteiger partial charge is 0.398 e. The van der Waals surface area contributed by atoms with Crippen molar-refractivity contribution in [2.75, 3.05) is 24.9 Å². The molecule has 0 spiro atoms. The maximum Gasteiger partial charge on any atom is 0.398 e. The van der Waals surface area contributed by atoms with E-state index in [4.69, 9.17) is 0 Å². The van der Waals surface area contributed by atoms with Crippen molar-refractivity contribution in [1.29, 1.82) is 0 Å². The Bertz CT molecular complexity index is 884. The highest BCUT2D eigenvalue weighted by molar-refractivity contribution is 7.99. The molecule has 0 aliphatic heterocycles. The van der Waals surface area contributed by atoms with Crippen molar-refractivity contribution in [3.8, 4) is 5.69 Å². The summed E-state index contributed by atoms with van der Waals surface area (Å²) in [6.07, 6.45) is -2.55. The molecule has 0 N–H and O–H groups in total. The van der Waals surface area contributed by atoms with Crippen LogP contribution in [0.5, 0.6) is 0 Å². The second-order valence-corrected chi connectivity index (χ2v) is 7.48. The number of halogens is 4. The van der Waals surface area contributed by atoms with Crippen LogP contribution in [-0.2, 0) is 0 Å². The van der Waals surface area contributed by atoms with E-state index in [0.29, 0.717) is 23.1 Å². The van der Waals surface area contributed by atoms with Gasteiger partial charge in [-0.05, 0) is 37.5 Å². The van der Waals surface area contributed by atoms with E-state index < -0.39 is 23.4 Å². The van der Waals surface area contributed by atoms with E-state index >= 15 is 0 Å². The Morgan fingerprint density at radius 1 is 1.31 bits per heavy atom. The molecular weight excluding hydrogens is 372 g/mol. The van der Waals surface area contributed by atoms with Gasteiger partial charge in [0, 0.05) is 24.9 Å². The molecule has 1 aliphatic carbocycles. The van der Waals surface area contributed by atoms with Gasteiger partial charge in [0.2, 0.25) is 0 Å². The maximum absolute atomic E-state index is 14.5. The van der Waals surface area contributed by atoms with Crippen molar-refractivity contribution >= 4 is 11.8 Å². The van der Waals surface area contributed by atoms with Crippen LogP contribution in [-0.4, -0.2) is 40.5 Å². The molecule has 1 heterocycles. The second kappa shape index (κ2) is 6.64. The summed E-state index contributed by atoms with van der Waals surface area (Å²) in [7, 11) is 3.35. The number of hydrogen-bond acceptors (Lipinski definition) is 4. The van der Waals surface area contributed by atoms with Gasteiger partial charge in [0.15, 0.2) is 5.82 Å². The number of hydrogen-bond donors (Lipinski definition) is 0. The Morgan fingerprint density at radius 3 is 2.50 bits per heavy atom. The third-order valence-corrected chi connectivity index (χ3v) is 5.21. The van der Waals surface area contributed by atoms with Gasteiger partial charge in [0.25, 0.3) is 0 Å². The van der Waals surface area contributed by atoms with Gasteiger partial charge in [-0.25, -0.2) is 9.18 Å². The van der Waals surface area contributed by atoms with Crippen molar-refractivity contribution in [1.82, 2.24) is 14.5 Å². The van der Waals surface area contributed by atoms with Crippen LogP contribution >= 0.6 is 11.8 Å².